The van der Waals surface area contributed by atoms with Crippen LogP contribution in [0.5, 0.6) is 0 Å². The Morgan fingerprint density at radius 3 is 2.63 bits per heavy atom. The van der Waals surface area contributed by atoms with E-state index in [1.807, 2.05) is 53.7 Å². The minimum absolute atomic E-state index is 0.0138. The molecule has 144 valence electrons. The number of hydrogen-bond donors (Lipinski definition) is 3. The molecule has 0 atom stereocenters. The van der Waals surface area contributed by atoms with Gasteiger partial charge in [0.1, 0.15) is 0 Å². The van der Waals surface area contributed by atoms with Crippen LogP contribution in [-0.2, 0) is 13.1 Å². The largest absolute Gasteiger partial charge is 0.355 e. The van der Waals surface area contributed by atoms with Crippen molar-refractivity contribution in [2.75, 3.05) is 32.0 Å². The van der Waals surface area contributed by atoms with Crippen molar-refractivity contribution in [2.24, 2.45) is 4.99 Å². The Labute approximate surface area is 160 Å². The fraction of sp³-hybridized carbons (Fsp3) is 0.400. The maximum absolute atomic E-state index is 12.2. The van der Waals surface area contributed by atoms with E-state index >= 15 is 0 Å². The van der Waals surface area contributed by atoms with E-state index in [-0.39, 0.29) is 6.03 Å². The van der Waals surface area contributed by atoms with Gasteiger partial charge in [-0.05, 0) is 42.7 Å². The average Bonchev–Trinajstić information content (AvgIpc) is 3.38. The van der Waals surface area contributed by atoms with Gasteiger partial charge in [0, 0.05) is 57.9 Å². The third-order valence-corrected chi connectivity index (χ3v) is 4.58. The molecule has 0 bridgehead atoms. The number of aliphatic imine (C=N–C) groups is 1. The number of urea groups is 1. The first kappa shape index (κ1) is 18.8. The highest BCUT2D eigenvalue weighted by Crippen LogP contribution is 2.14. The van der Waals surface area contributed by atoms with Crippen LogP contribution < -0.4 is 16.0 Å². The quantitative estimate of drug-likeness (QED) is 0.542. The first-order chi connectivity index (χ1) is 13.2. The zero-order valence-electron chi connectivity index (χ0n) is 15.8. The van der Waals surface area contributed by atoms with E-state index < -0.39 is 0 Å². The van der Waals surface area contributed by atoms with Gasteiger partial charge in [-0.1, -0.05) is 12.1 Å². The molecule has 2 aromatic rings. The van der Waals surface area contributed by atoms with E-state index in [9.17, 15) is 4.79 Å². The van der Waals surface area contributed by atoms with Crippen LogP contribution in [0.4, 0.5) is 10.5 Å². The molecule has 3 N–H and O–H groups in total. The Bertz CT molecular complexity index is 750. The van der Waals surface area contributed by atoms with Crippen LogP contribution in [0.15, 0.2) is 53.8 Å². The SMILES string of the molecule is CN=C(NCCn1cccc1)NCc1cccc(NC(=O)N2CCCC2)c1. The summed E-state index contributed by atoms with van der Waals surface area (Å²) in [6.07, 6.45) is 6.27. The van der Waals surface area contributed by atoms with Gasteiger partial charge in [0.05, 0.1) is 0 Å². The normalized spacial score (nSPS) is 14.3. The Morgan fingerprint density at radius 1 is 1.11 bits per heavy atom. The highest BCUT2D eigenvalue weighted by Gasteiger charge is 2.17. The van der Waals surface area contributed by atoms with Crippen LogP contribution in [0, 0.1) is 0 Å². The fourth-order valence-electron chi connectivity index (χ4n) is 3.11. The van der Waals surface area contributed by atoms with Gasteiger partial charge in [0.25, 0.3) is 0 Å². The number of carbonyl (C=O) groups excluding carboxylic acids is 1. The molecule has 1 fully saturated rings. The third kappa shape index (κ3) is 5.77. The lowest BCUT2D eigenvalue weighted by Crippen LogP contribution is -2.38. The average molecular weight is 368 g/mol. The summed E-state index contributed by atoms with van der Waals surface area (Å²) < 4.78 is 2.12. The van der Waals surface area contributed by atoms with Gasteiger partial charge in [0.2, 0.25) is 0 Å². The van der Waals surface area contributed by atoms with E-state index in [2.05, 4.69) is 25.5 Å². The number of anilines is 1. The van der Waals surface area contributed by atoms with Crippen molar-refractivity contribution in [1.29, 1.82) is 0 Å². The van der Waals surface area contributed by atoms with Crippen LogP contribution >= 0.6 is 0 Å². The summed E-state index contributed by atoms with van der Waals surface area (Å²) in [5.74, 6) is 0.758. The summed E-state index contributed by atoms with van der Waals surface area (Å²) in [4.78, 5) is 18.3. The van der Waals surface area contributed by atoms with Crippen LogP contribution in [0.2, 0.25) is 0 Å². The van der Waals surface area contributed by atoms with Crippen LogP contribution in [0.3, 0.4) is 0 Å². The highest BCUT2D eigenvalue weighted by molar-refractivity contribution is 5.89. The molecule has 2 heterocycles. The van der Waals surface area contributed by atoms with E-state index in [1.54, 1.807) is 7.05 Å². The Kier molecular flexibility index (Phi) is 6.73. The molecular weight excluding hydrogens is 340 g/mol. The van der Waals surface area contributed by atoms with E-state index in [0.717, 1.165) is 56.2 Å². The second kappa shape index (κ2) is 9.66. The molecule has 0 unspecified atom stereocenters. The number of carbonyl (C=O) groups is 1. The Balaban J connectivity index is 1.45. The lowest BCUT2D eigenvalue weighted by molar-refractivity contribution is 0.222. The molecule has 7 heteroatoms. The summed E-state index contributed by atoms with van der Waals surface area (Å²) in [7, 11) is 1.76. The van der Waals surface area contributed by atoms with Gasteiger partial charge in [-0.15, -0.1) is 0 Å². The molecule has 1 aromatic carbocycles. The number of benzene rings is 1. The third-order valence-electron chi connectivity index (χ3n) is 4.58. The minimum Gasteiger partial charge on any atom is -0.355 e. The van der Waals surface area contributed by atoms with Crippen LogP contribution in [0.1, 0.15) is 18.4 Å². The van der Waals surface area contributed by atoms with Crippen molar-refractivity contribution in [2.45, 2.75) is 25.9 Å². The maximum Gasteiger partial charge on any atom is 0.321 e. The van der Waals surface area contributed by atoms with Crippen molar-refractivity contribution in [3.63, 3.8) is 0 Å². The molecule has 2 amide bonds. The molecule has 1 aliphatic heterocycles. The topological polar surface area (TPSA) is 73.7 Å². The summed E-state index contributed by atoms with van der Waals surface area (Å²) in [6.45, 7) is 4.00. The summed E-state index contributed by atoms with van der Waals surface area (Å²) in [5.41, 5.74) is 1.91. The maximum atomic E-state index is 12.2. The molecule has 1 aromatic heterocycles. The summed E-state index contributed by atoms with van der Waals surface area (Å²) in [5, 5.41) is 9.60. The van der Waals surface area contributed by atoms with Crippen molar-refractivity contribution in [1.82, 2.24) is 20.1 Å². The van der Waals surface area contributed by atoms with E-state index in [0.29, 0.717) is 6.54 Å². The van der Waals surface area contributed by atoms with Crippen LogP contribution in [0.25, 0.3) is 0 Å². The Morgan fingerprint density at radius 2 is 1.89 bits per heavy atom. The molecule has 1 aliphatic rings. The Hall–Kier alpha value is -2.96. The second-order valence-electron chi connectivity index (χ2n) is 6.60. The molecule has 0 radical (unpaired) electrons. The molecule has 1 saturated heterocycles. The number of likely N-dealkylation sites (tertiary alicyclic amines) is 1. The smallest absolute Gasteiger partial charge is 0.321 e. The first-order valence-electron chi connectivity index (χ1n) is 9.45. The number of nitrogens with zero attached hydrogens (tertiary/aromatic N) is 3. The van der Waals surface area contributed by atoms with Crippen molar-refractivity contribution in [3.05, 3.63) is 54.4 Å². The fourth-order valence-corrected chi connectivity index (χ4v) is 3.11. The van der Waals surface area contributed by atoms with Crippen molar-refractivity contribution >= 4 is 17.7 Å². The monoisotopic (exact) mass is 368 g/mol. The van der Waals surface area contributed by atoms with Gasteiger partial charge < -0.3 is 25.4 Å². The number of guanidine groups is 1. The van der Waals surface area contributed by atoms with Crippen LogP contribution in [-0.4, -0.2) is 48.1 Å². The van der Waals surface area contributed by atoms with E-state index in [1.165, 1.54) is 0 Å². The van der Waals surface area contributed by atoms with Gasteiger partial charge in [-0.3, -0.25) is 4.99 Å². The minimum atomic E-state index is -0.0138. The number of amides is 2. The predicted molar refractivity (Wildman–Crippen MR) is 109 cm³/mol. The second-order valence-corrected chi connectivity index (χ2v) is 6.60. The highest BCUT2D eigenvalue weighted by atomic mass is 16.2. The van der Waals surface area contributed by atoms with Crippen molar-refractivity contribution < 1.29 is 4.79 Å². The van der Waals surface area contributed by atoms with E-state index in [4.69, 9.17) is 0 Å². The van der Waals surface area contributed by atoms with Gasteiger partial charge in [-0.2, -0.15) is 0 Å². The molecule has 7 nitrogen and oxygen atoms in total. The zero-order valence-corrected chi connectivity index (χ0v) is 15.8. The zero-order chi connectivity index (χ0) is 18.9. The number of rotatable bonds is 6. The first-order valence-corrected chi connectivity index (χ1v) is 9.45. The molecular formula is C20H28N6O. The predicted octanol–water partition coefficient (Wildman–Crippen LogP) is 2.48. The van der Waals surface area contributed by atoms with Crippen molar-refractivity contribution in [3.8, 4) is 0 Å². The number of aromatic nitrogens is 1. The summed E-state index contributed by atoms with van der Waals surface area (Å²) >= 11 is 0. The van der Waals surface area contributed by atoms with Gasteiger partial charge in [0.15, 0.2) is 5.96 Å². The van der Waals surface area contributed by atoms with Gasteiger partial charge in [-0.25, -0.2) is 4.79 Å². The molecule has 27 heavy (non-hydrogen) atoms. The molecule has 3 rings (SSSR count). The lowest BCUT2D eigenvalue weighted by atomic mass is 10.2. The standard InChI is InChI=1S/C20H28N6O/c1-21-19(22-9-14-25-10-2-3-11-25)23-16-17-7-6-8-18(15-17)24-20(27)26-12-4-5-13-26/h2-3,6-8,10-11,15H,4-5,9,12-14,16H2,1H3,(H,24,27)(H2,21,22,23). The van der Waals surface area contributed by atoms with Gasteiger partial charge >= 0.3 is 6.03 Å². The number of nitrogens with one attached hydrogen (secondary N) is 3. The summed E-state index contributed by atoms with van der Waals surface area (Å²) in [6, 6.07) is 11.9. The molecule has 0 spiro atoms. The lowest BCUT2D eigenvalue weighted by Gasteiger charge is -2.17. The number of hydrogen-bond acceptors (Lipinski definition) is 2. The molecule has 0 saturated carbocycles. The molecule has 0 aliphatic carbocycles.